The van der Waals surface area contributed by atoms with Gasteiger partial charge in [-0.25, -0.2) is 0 Å². The molecule has 0 saturated carbocycles. The smallest absolute Gasteiger partial charge is 0.0455 e. The zero-order valence-corrected chi connectivity index (χ0v) is 11.0. The average molecular weight is 251 g/mol. The predicted octanol–water partition coefficient (Wildman–Crippen LogP) is 3.15. The number of hydrogen-bond donors (Lipinski definition) is 1. The van der Waals surface area contributed by atoms with E-state index < -0.39 is 0 Å². The summed E-state index contributed by atoms with van der Waals surface area (Å²) in [6.45, 7) is 5.81. The van der Waals surface area contributed by atoms with Gasteiger partial charge >= 0.3 is 0 Å². The molecule has 17 heavy (non-hydrogen) atoms. The van der Waals surface area contributed by atoms with Crippen molar-refractivity contribution in [1.29, 1.82) is 0 Å². The van der Waals surface area contributed by atoms with Crippen molar-refractivity contribution in [3.63, 3.8) is 0 Å². The molecule has 3 saturated heterocycles. The lowest BCUT2D eigenvalue weighted by molar-refractivity contribution is 0.0975. The molecule has 3 heteroatoms. The lowest BCUT2D eigenvalue weighted by atomic mass is 9.84. The van der Waals surface area contributed by atoms with Crippen LogP contribution >= 0.6 is 11.6 Å². The molecule has 1 N–H and O–H groups in total. The summed E-state index contributed by atoms with van der Waals surface area (Å²) in [5, 5.41) is 4.51. The molecule has 0 radical (unpaired) electrons. The maximum absolute atomic E-state index is 6.16. The van der Waals surface area contributed by atoms with Gasteiger partial charge in [-0.1, -0.05) is 17.7 Å². The Hall–Kier alpha value is -0.730. The van der Waals surface area contributed by atoms with Crippen LogP contribution in [0.2, 0.25) is 5.02 Å². The van der Waals surface area contributed by atoms with Crippen LogP contribution in [0.5, 0.6) is 0 Å². The summed E-state index contributed by atoms with van der Waals surface area (Å²) >= 11 is 6.16. The summed E-state index contributed by atoms with van der Waals surface area (Å²) in [7, 11) is 0. The first-order valence-corrected chi connectivity index (χ1v) is 6.85. The first-order chi connectivity index (χ1) is 8.22. The van der Waals surface area contributed by atoms with Gasteiger partial charge < -0.3 is 10.2 Å². The minimum atomic E-state index is 0.608. The van der Waals surface area contributed by atoms with Crippen LogP contribution in [-0.2, 0) is 0 Å². The van der Waals surface area contributed by atoms with Crippen LogP contribution in [0.15, 0.2) is 18.2 Å². The monoisotopic (exact) mass is 250 g/mol. The molecule has 3 heterocycles. The molecule has 2 bridgehead atoms. The van der Waals surface area contributed by atoms with Gasteiger partial charge in [-0.05, 0) is 56.5 Å². The molecule has 3 aliphatic heterocycles. The fraction of sp³-hybridized carbons (Fsp3) is 0.571. The summed E-state index contributed by atoms with van der Waals surface area (Å²) in [4.78, 5) is 2.56. The van der Waals surface area contributed by atoms with E-state index in [-0.39, 0.29) is 0 Å². The Balaban J connectivity index is 1.72. The third-order valence-electron chi connectivity index (χ3n) is 4.18. The highest BCUT2D eigenvalue weighted by Gasteiger charge is 2.33. The predicted molar refractivity (Wildman–Crippen MR) is 72.8 cm³/mol. The lowest BCUT2D eigenvalue weighted by Gasteiger charge is -2.45. The van der Waals surface area contributed by atoms with Gasteiger partial charge in [-0.3, -0.25) is 0 Å². The van der Waals surface area contributed by atoms with Crippen LogP contribution in [-0.4, -0.2) is 30.6 Å². The number of halogens is 1. The molecule has 92 valence electrons. The van der Waals surface area contributed by atoms with E-state index in [4.69, 9.17) is 11.6 Å². The van der Waals surface area contributed by atoms with Crippen molar-refractivity contribution in [2.75, 3.05) is 25.0 Å². The molecule has 2 nitrogen and oxygen atoms in total. The van der Waals surface area contributed by atoms with Gasteiger partial charge in [0.15, 0.2) is 0 Å². The van der Waals surface area contributed by atoms with E-state index in [1.807, 2.05) is 6.92 Å². The highest BCUT2D eigenvalue weighted by molar-refractivity contribution is 6.31. The number of benzene rings is 1. The standard InChI is InChI=1S/C14H19ClN2/c1-10-2-3-12(8-13(10)15)16-14-9-17-6-4-11(14)5-7-17/h2-3,8,11,14,16H,4-7,9H2,1H3. The van der Waals surface area contributed by atoms with E-state index in [2.05, 4.69) is 28.4 Å². The molecular formula is C14H19ClN2. The third kappa shape index (κ3) is 2.29. The highest BCUT2D eigenvalue weighted by atomic mass is 35.5. The molecule has 0 aliphatic carbocycles. The number of nitrogens with one attached hydrogen (secondary N) is 1. The fourth-order valence-corrected chi connectivity index (χ4v) is 3.21. The number of hydrogen-bond acceptors (Lipinski definition) is 2. The maximum atomic E-state index is 6.16. The SMILES string of the molecule is Cc1ccc(NC2CN3CCC2CC3)cc1Cl. The fourth-order valence-electron chi connectivity index (χ4n) is 3.03. The van der Waals surface area contributed by atoms with Gasteiger partial charge in [0.2, 0.25) is 0 Å². The Morgan fingerprint density at radius 3 is 2.65 bits per heavy atom. The van der Waals surface area contributed by atoms with Gasteiger partial charge in [-0.2, -0.15) is 0 Å². The van der Waals surface area contributed by atoms with E-state index in [1.54, 1.807) is 0 Å². The molecule has 1 unspecified atom stereocenters. The van der Waals surface area contributed by atoms with Crippen molar-refractivity contribution in [3.8, 4) is 0 Å². The molecular weight excluding hydrogens is 232 g/mol. The normalized spacial score (nSPS) is 31.5. The van der Waals surface area contributed by atoms with E-state index >= 15 is 0 Å². The summed E-state index contributed by atoms with van der Waals surface area (Å²) in [6.07, 6.45) is 2.69. The number of anilines is 1. The van der Waals surface area contributed by atoms with E-state index in [0.717, 1.165) is 16.5 Å². The second-order valence-corrected chi connectivity index (χ2v) is 5.76. The maximum Gasteiger partial charge on any atom is 0.0455 e. The number of aryl methyl sites for hydroxylation is 1. The van der Waals surface area contributed by atoms with Crippen molar-refractivity contribution in [3.05, 3.63) is 28.8 Å². The molecule has 4 rings (SSSR count). The van der Waals surface area contributed by atoms with Crippen LogP contribution in [0.3, 0.4) is 0 Å². The van der Waals surface area contributed by atoms with Crippen LogP contribution in [0.25, 0.3) is 0 Å². The Kier molecular flexibility index (Phi) is 3.01. The van der Waals surface area contributed by atoms with E-state index in [1.165, 1.54) is 38.2 Å². The van der Waals surface area contributed by atoms with Crippen LogP contribution in [0, 0.1) is 12.8 Å². The zero-order valence-electron chi connectivity index (χ0n) is 10.2. The van der Waals surface area contributed by atoms with E-state index in [0.29, 0.717) is 6.04 Å². The molecule has 0 spiro atoms. The Bertz CT molecular complexity index is 411. The van der Waals surface area contributed by atoms with Gasteiger partial charge in [0.1, 0.15) is 0 Å². The Morgan fingerprint density at radius 2 is 2.06 bits per heavy atom. The summed E-state index contributed by atoms with van der Waals surface area (Å²) in [6, 6.07) is 6.88. The second-order valence-electron chi connectivity index (χ2n) is 5.35. The molecule has 1 atom stereocenters. The third-order valence-corrected chi connectivity index (χ3v) is 4.59. The largest absolute Gasteiger partial charge is 0.381 e. The molecule has 3 aliphatic rings. The van der Waals surface area contributed by atoms with Crippen molar-refractivity contribution < 1.29 is 0 Å². The van der Waals surface area contributed by atoms with Crippen molar-refractivity contribution >= 4 is 17.3 Å². The van der Waals surface area contributed by atoms with Gasteiger partial charge in [0.25, 0.3) is 0 Å². The van der Waals surface area contributed by atoms with Crippen LogP contribution < -0.4 is 5.32 Å². The van der Waals surface area contributed by atoms with Crippen molar-refractivity contribution in [2.24, 2.45) is 5.92 Å². The molecule has 1 aromatic rings. The summed E-state index contributed by atoms with van der Waals surface area (Å²) in [5.41, 5.74) is 2.31. The molecule has 1 aromatic carbocycles. The summed E-state index contributed by atoms with van der Waals surface area (Å²) in [5.74, 6) is 0.847. The Labute approximate surface area is 108 Å². The zero-order chi connectivity index (χ0) is 11.8. The van der Waals surface area contributed by atoms with Crippen LogP contribution in [0.1, 0.15) is 18.4 Å². The minimum Gasteiger partial charge on any atom is -0.381 e. The highest BCUT2D eigenvalue weighted by Crippen LogP contribution is 2.30. The number of rotatable bonds is 2. The van der Waals surface area contributed by atoms with Gasteiger partial charge in [0.05, 0.1) is 0 Å². The van der Waals surface area contributed by atoms with Gasteiger partial charge in [0, 0.05) is 23.3 Å². The molecule has 0 amide bonds. The van der Waals surface area contributed by atoms with Gasteiger partial charge in [-0.15, -0.1) is 0 Å². The second kappa shape index (κ2) is 4.51. The number of piperidine rings is 3. The van der Waals surface area contributed by atoms with Crippen molar-refractivity contribution in [1.82, 2.24) is 4.90 Å². The van der Waals surface area contributed by atoms with Crippen molar-refractivity contribution in [2.45, 2.75) is 25.8 Å². The van der Waals surface area contributed by atoms with Crippen LogP contribution in [0.4, 0.5) is 5.69 Å². The Morgan fingerprint density at radius 1 is 1.29 bits per heavy atom. The quantitative estimate of drug-likeness (QED) is 0.868. The average Bonchev–Trinajstić information content (AvgIpc) is 2.35. The lowest BCUT2D eigenvalue weighted by Crippen LogP contribution is -2.53. The molecule has 3 fully saturated rings. The first kappa shape index (κ1) is 11.4. The number of nitrogens with zero attached hydrogens (tertiary/aromatic N) is 1. The topological polar surface area (TPSA) is 15.3 Å². The van der Waals surface area contributed by atoms with E-state index in [9.17, 15) is 0 Å². The minimum absolute atomic E-state index is 0.608. The number of fused-ring (bicyclic) bond motifs is 3. The first-order valence-electron chi connectivity index (χ1n) is 6.47. The molecule has 0 aromatic heterocycles. The summed E-state index contributed by atoms with van der Waals surface area (Å²) < 4.78 is 0.